The van der Waals surface area contributed by atoms with Gasteiger partial charge in [-0.1, -0.05) is 17.7 Å². The molecule has 2 rings (SSSR count). The van der Waals surface area contributed by atoms with Gasteiger partial charge in [-0.25, -0.2) is 13.4 Å². The molecule has 0 spiro atoms. The maximum atomic E-state index is 12.6. The lowest BCUT2D eigenvalue weighted by Crippen LogP contribution is -2.13. The van der Waals surface area contributed by atoms with E-state index in [1.807, 2.05) is 0 Å². The van der Waals surface area contributed by atoms with Crippen LogP contribution in [0, 0.1) is 12.9 Å². The Labute approximate surface area is 115 Å². The first-order chi connectivity index (χ1) is 8.88. The van der Waals surface area contributed by atoms with E-state index in [1.54, 1.807) is 19.1 Å². The van der Waals surface area contributed by atoms with Crippen LogP contribution in [0.5, 0.6) is 0 Å². The average Bonchev–Trinajstić information content (AvgIpc) is 2.31. The Kier molecular flexibility index (Phi) is 3.73. The van der Waals surface area contributed by atoms with Crippen LogP contribution in [0.1, 0.15) is 5.56 Å². The summed E-state index contributed by atoms with van der Waals surface area (Å²) in [6.07, 6.45) is 1.09. The molecule has 0 atom stereocenters. The number of aromatic nitrogens is 1. The Morgan fingerprint density at radius 2 is 2.00 bits per heavy atom. The quantitative estimate of drug-likeness (QED) is 0.887. The molecule has 0 aliphatic carbocycles. The first kappa shape index (κ1) is 13.8. The zero-order valence-corrected chi connectivity index (χ0v) is 11.5. The predicted molar refractivity (Wildman–Crippen MR) is 71.2 cm³/mol. The van der Waals surface area contributed by atoms with Gasteiger partial charge in [-0.2, -0.15) is 4.39 Å². The third kappa shape index (κ3) is 3.21. The zero-order valence-electron chi connectivity index (χ0n) is 9.89. The Hall–Kier alpha value is -1.66. The SMILES string of the molecule is Cc1ccc(S(=O)(=O)Nc2ccc(F)nc2)c(Cl)c1. The van der Waals surface area contributed by atoms with Gasteiger partial charge in [0, 0.05) is 0 Å². The lowest BCUT2D eigenvalue weighted by atomic mass is 10.2. The van der Waals surface area contributed by atoms with Crippen molar-refractivity contribution in [3.8, 4) is 0 Å². The largest absolute Gasteiger partial charge is 0.278 e. The molecule has 0 aliphatic heterocycles. The highest BCUT2D eigenvalue weighted by molar-refractivity contribution is 7.92. The van der Waals surface area contributed by atoms with Gasteiger partial charge in [0.2, 0.25) is 5.95 Å². The van der Waals surface area contributed by atoms with E-state index < -0.39 is 16.0 Å². The number of sulfonamides is 1. The first-order valence-electron chi connectivity index (χ1n) is 5.29. The topological polar surface area (TPSA) is 59.1 Å². The summed E-state index contributed by atoms with van der Waals surface area (Å²) >= 11 is 5.91. The zero-order chi connectivity index (χ0) is 14.0. The molecule has 1 aromatic heterocycles. The molecule has 0 saturated carbocycles. The summed E-state index contributed by atoms with van der Waals surface area (Å²) in [6.45, 7) is 1.81. The van der Waals surface area contributed by atoms with Crippen molar-refractivity contribution in [2.24, 2.45) is 0 Å². The van der Waals surface area contributed by atoms with Gasteiger partial charge in [0.15, 0.2) is 0 Å². The lowest BCUT2D eigenvalue weighted by Gasteiger charge is -2.09. The third-order valence-electron chi connectivity index (χ3n) is 2.36. The second kappa shape index (κ2) is 5.14. The van der Waals surface area contributed by atoms with Crippen molar-refractivity contribution < 1.29 is 12.8 Å². The van der Waals surface area contributed by atoms with E-state index in [2.05, 4.69) is 9.71 Å². The Morgan fingerprint density at radius 1 is 1.26 bits per heavy atom. The van der Waals surface area contributed by atoms with Crippen molar-refractivity contribution in [3.63, 3.8) is 0 Å². The molecule has 0 unspecified atom stereocenters. The number of hydrogen-bond donors (Lipinski definition) is 1. The molecule has 4 nitrogen and oxygen atoms in total. The average molecular weight is 301 g/mol. The molecule has 100 valence electrons. The van der Waals surface area contributed by atoms with Gasteiger partial charge in [-0.05, 0) is 36.8 Å². The molecule has 0 aliphatic rings. The molecule has 19 heavy (non-hydrogen) atoms. The number of hydrogen-bond acceptors (Lipinski definition) is 3. The van der Waals surface area contributed by atoms with Gasteiger partial charge in [-0.3, -0.25) is 4.72 Å². The predicted octanol–water partition coefficient (Wildman–Crippen LogP) is 2.98. The van der Waals surface area contributed by atoms with E-state index in [9.17, 15) is 12.8 Å². The molecular formula is C12H10ClFN2O2S. The van der Waals surface area contributed by atoms with Crippen LogP contribution < -0.4 is 4.72 Å². The standard InChI is InChI=1S/C12H10ClFN2O2S/c1-8-2-4-11(10(13)6-8)19(17,18)16-9-3-5-12(14)15-7-9/h2-7,16H,1H3. The van der Waals surface area contributed by atoms with E-state index in [0.29, 0.717) is 0 Å². The van der Waals surface area contributed by atoms with E-state index in [0.717, 1.165) is 17.8 Å². The van der Waals surface area contributed by atoms with Gasteiger partial charge >= 0.3 is 0 Å². The summed E-state index contributed by atoms with van der Waals surface area (Å²) in [6, 6.07) is 6.95. The van der Waals surface area contributed by atoms with Crippen LogP contribution in [0.3, 0.4) is 0 Å². The van der Waals surface area contributed by atoms with Crippen LogP contribution in [0.25, 0.3) is 0 Å². The Morgan fingerprint density at radius 3 is 2.58 bits per heavy atom. The summed E-state index contributed by atoms with van der Waals surface area (Å²) in [5.74, 6) is -0.684. The number of aryl methyl sites for hydroxylation is 1. The lowest BCUT2D eigenvalue weighted by molar-refractivity contribution is 0.583. The number of benzene rings is 1. The van der Waals surface area contributed by atoms with Crippen LogP contribution in [0.4, 0.5) is 10.1 Å². The number of nitrogens with zero attached hydrogens (tertiary/aromatic N) is 1. The Bertz CT molecular complexity index is 702. The first-order valence-corrected chi connectivity index (χ1v) is 7.15. The fourth-order valence-corrected chi connectivity index (χ4v) is 3.11. The van der Waals surface area contributed by atoms with Crippen molar-refractivity contribution in [2.45, 2.75) is 11.8 Å². The van der Waals surface area contributed by atoms with Gasteiger partial charge in [0.25, 0.3) is 10.0 Å². The Balaban J connectivity index is 2.35. The number of halogens is 2. The number of nitrogens with one attached hydrogen (secondary N) is 1. The molecule has 0 fully saturated rings. The monoisotopic (exact) mass is 300 g/mol. The highest BCUT2D eigenvalue weighted by atomic mass is 35.5. The molecule has 0 bridgehead atoms. The maximum Gasteiger partial charge on any atom is 0.263 e. The molecule has 1 aromatic carbocycles. The summed E-state index contributed by atoms with van der Waals surface area (Å²) in [7, 11) is -3.82. The molecule has 1 N–H and O–H groups in total. The third-order valence-corrected chi connectivity index (χ3v) is 4.22. The van der Waals surface area contributed by atoms with Gasteiger partial charge < -0.3 is 0 Å². The smallest absolute Gasteiger partial charge is 0.263 e. The van der Waals surface area contributed by atoms with Crippen molar-refractivity contribution >= 4 is 27.3 Å². The van der Waals surface area contributed by atoms with E-state index in [4.69, 9.17) is 11.6 Å². The molecule has 0 saturated heterocycles. The van der Waals surface area contributed by atoms with Crippen LogP contribution in [-0.4, -0.2) is 13.4 Å². The van der Waals surface area contributed by atoms with Crippen LogP contribution >= 0.6 is 11.6 Å². The van der Waals surface area contributed by atoms with Gasteiger partial charge in [0.05, 0.1) is 16.9 Å². The molecule has 7 heteroatoms. The minimum Gasteiger partial charge on any atom is -0.278 e. The highest BCUT2D eigenvalue weighted by Gasteiger charge is 2.18. The number of anilines is 1. The molecule has 0 amide bonds. The summed E-state index contributed by atoms with van der Waals surface area (Å²) in [5.41, 5.74) is 1.02. The van der Waals surface area contributed by atoms with Crippen LogP contribution in [-0.2, 0) is 10.0 Å². The van der Waals surface area contributed by atoms with Crippen molar-refractivity contribution in [2.75, 3.05) is 4.72 Å². The highest BCUT2D eigenvalue weighted by Crippen LogP contribution is 2.24. The van der Waals surface area contributed by atoms with Crippen molar-refractivity contribution in [1.82, 2.24) is 4.98 Å². The van der Waals surface area contributed by atoms with Crippen LogP contribution in [0.2, 0.25) is 5.02 Å². The minimum atomic E-state index is -3.82. The van der Waals surface area contributed by atoms with E-state index >= 15 is 0 Å². The number of pyridine rings is 1. The van der Waals surface area contributed by atoms with E-state index in [1.165, 1.54) is 12.1 Å². The molecular weight excluding hydrogens is 291 g/mol. The summed E-state index contributed by atoms with van der Waals surface area (Å²) in [4.78, 5) is 3.33. The molecule has 0 radical (unpaired) electrons. The minimum absolute atomic E-state index is 0.0379. The number of rotatable bonds is 3. The maximum absolute atomic E-state index is 12.6. The summed E-state index contributed by atoms with van der Waals surface area (Å²) < 4.78 is 39.1. The molecule has 1 heterocycles. The summed E-state index contributed by atoms with van der Waals surface area (Å²) in [5, 5.41) is 0.127. The van der Waals surface area contributed by atoms with E-state index in [-0.39, 0.29) is 15.6 Å². The van der Waals surface area contributed by atoms with Crippen LogP contribution in [0.15, 0.2) is 41.4 Å². The second-order valence-electron chi connectivity index (χ2n) is 3.91. The fraction of sp³-hybridized carbons (Fsp3) is 0.0833. The van der Waals surface area contributed by atoms with Gasteiger partial charge in [-0.15, -0.1) is 0 Å². The van der Waals surface area contributed by atoms with Crippen molar-refractivity contribution in [1.29, 1.82) is 0 Å². The van der Waals surface area contributed by atoms with Gasteiger partial charge in [0.1, 0.15) is 4.90 Å². The molecule has 2 aromatic rings. The normalized spacial score (nSPS) is 11.3. The fourth-order valence-electron chi connectivity index (χ4n) is 1.47. The van der Waals surface area contributed by atoms with Crippen molar-refractivity contribution in [3.05, 3.63) is 53.1 Å². The second-order valence-corrected chi connectivity index (χ2v) is 5.97.